The van der Waals surface area contributed by atoms with Crippen LogP contribution in [0.4, 0.5) is 0 Å². The lowest BCUT2D eigenvalue weighted by Gasteiger charge is -2.32. The zero-order valence-corrected chi connectivity index (χ0v) is 11.4. The summed E-state index contributed by atoms with van der Waals surface area (Å²) in [6.07, 6.45) is 3.88. The molecule has 1 aromatic heterocycles. The molecule has 0 radical (unpaired) electrons. The number of nitrogens with zero attached hydrogens (tertiary/aromatic N) is 2. The minimum atomic E-state index is -0.309. The smallest absolute Gasteiger partial charge is 0.399 e. The van der Waals surface area contributed by atoms with Crippen molar-refractivity contribution in [1.29, 1.82) is 0 Å². The lowest BCUT2D eigenvalue weighted by atomic mass is 9.82. The molecule has 5 nitrogen and oxygen atoms in total. The van der Waals surface area contributed by atoms with Gasteiger partial charge in [0.1, 0.15) is 0 Å². The van der Waals surface area contributed by atoms with Crippen LogP contribution in [-0.2, 0) is 9.31 Å². The standard InChI is InChI=1S/C12H20BN3O2/c1-11(2)12(3,4)18-13(17-11)9-5-15-16(8-9)10-6-14-7-10/h5,8,10,14H,6-7H2,1-4H3. The number of nitrogens with one attached hydrogen (secondary N) is 1. The molecule has 0 bridgehead atoms. The summed E-state index contributed by atoms with van der Waals surface area (Å²) < 4.78 is 14.0. The molecule has 0 atom stereocenters. The zero-order chi connectivity index (χ0) is 13.0. The number of aromatic nitrogens is 2. The van der Waals surface area contributed by atoms with Gasteiger partial charge in [0.2, 0.25) is 0 Å². The topological polar surface area (TPSA) is 48.3 Å². The zero-order valence-electron chi connectivity index (χ0n) is 11.4. The summed E-state index contributed by atoms with van der Waals surface area (Å²) in [4.78, 5) is 0. The van der Waals surface area contributed by atoms with E-state index in [9.17, 15) is 0 Å². The van der Waals surface area contributed by atoms with Gasteiger partial charge < -0.3 is 14.6 Å². The van der Waals surface area contributed by atoms with Gasteiger partial charge in [-0.1, -0.05) is 0 Å². The van der Waals surface area contributed by atoms with Crippen LogP contribution in [0.15, 0.2) is 12.4 Å². The third kappa shape index (κ3) is 1.79. The molecule has 1 aromatic rings. The average Bonchev–Trinajstić information content (AvgIpc) is 2.68. The highest BCUT2D eigenvalue weighted by Crippen LogP contribution is 2.36. The summed E-state index contributed by atoms with van der Waals surface area (Å²) in [5.74, 6) is 0. The van der Waals surface area contributed by atoms with Crippen molar-refractivity contribution in [3.8, 4) is 0 Å². The van der Waals surface area contributed by atoms with E-state index in [1.807, 2.05) is 17.1 Å². The molecule has 3 heterocycles. The largest absolute Gasteiger partial charge is 0.498 e. The second-order valence-electron chi connectivity index (χ2n) is 6.15. The maximum atomic E-state index is 6.00. The molecule has 0 amide bonds. The third-order valence-corrected chi connectivity index (χ3v) is 4.28. The van der Waals surface area contributed by atoms with E-state index in [-0.39, 0.29) is 18.3 Å². The van der Waals surface area contributed by atoms with Crippen LogP contribution in [-0.4, -0.2) is 41.2 Å². The lowest BCUT2D eigenvalue weighted by Crippen LogP contribution is -2.44. The van der Waals surface area contributed by atoms with Crippen LogP contribution in [0.1, 0.15) is 33.7 Å². The van der Waals surface area contributed by atoms with Crippen LogP contribution in [0.25, 0.3) is 0 Å². The van der Waals surface area contributed by atoms with Gasteiger partial charge in [-0.15, -0.1) is 0 Å². The van der Waals surface area contributed by atoms with Crippen LogP contribution in [0.5, 0.6) is 0 Å². The summed E-state index contributed by atoms with van der Waals surface area (Å²) in [6, 6.07) is 0.473. The Morgan fingerprint density at radius 1 is 1.28 bits per heavy atom. The summed E-state index contributed by atoms with van der Waals surface area (Å²) in [7, 11) is -0.309. The van der Waals surface area contributed by atoms with Gasteiger partial charge in [-0.2, -0.15) is 5.10 Å². The molecule has 6 heteroatoms. The van der Waals surface area contributed by atoms with E-state index in [2.05, 4.69) is 38.1 Å². The second kappa shape index (κ2) is 3.82. The summed E-state index contributed by atoms with van der Waals surface area (Å²) in [6.45, 7) is 10.2. The minimum Gasteiger partial charge on any atom is -0.399 e. The summed E-state index contributed by atoms with van der Waals surface area (Å²) >= 11 is 0. The molecule has 98 valence electrons. The molecule has 3 rings (SSSR count). The maximum Gasteiger partial charge on any atom is 0.498 e. The van der Waals surface area contributed by atoms with Crippen molar-refractivity contribution in [3.63, 3.8) is 0 Å². The Balaban J connectivity index is 1.78. The van der Waals surface area contributed by atoms with Gasteiger partial charge in [-0.3, -0.25) is 4.68 Å². The van der Waals surface area contributed by atoms with Crippen LogP contribution < -0.4 is 10.8 Å². The normalized spacial score (nSPS) is 26.3. The first-order valence-corrected chi connectivity index (χ1v) is 6.49. The van der Waals surface area contributed by atoms with Crippen LogP contribution >= 0.6 is 0 Å². The fraction of sp³-hybridized carbons (Fsp3) is 0.750. The molecule has 0 saturated carbocycles. The van der Waals surface area contributed by atoms with Crippen molar-refractivity contribution in [2.24, 2.45) is 0 Å². The van der Waals surface area contributed by atoms with E-state index in [0.29, 0.717) is 6.04 Å². The van der Waals surface area contributed by atoms with Crippen molar-refractivity contribution in [3.05, 3.63) is 12.4 Å². The van der Waals surface area contributed by atoms with E-state index < -0.39 is 0 Å². The molecule has 2 aliphatic heterocycles. The molecule has 0 aromatic carbocycles. The van der Waals surface area contributed by atoms with Gasteiger partial charge in [0.25, 0.3) is 0 Å². The third-order valence-electron chi connectivity index (χ3n) is 4.28. The van der Waals surface area contributed by atoms with Gasteiger partial charge in [-0.05, 0) is 27.7 Å². The fourth-order valence-electron chi connectivity index (χ4n) is 2.11. The Kier molecular flexibility index (Phi) is 2.59. The first-order chi connectivity index (χ1) is 8.39. The van der Waals surface area contributed by atoms with Gasteiger partial charge >= 0.3 is 7.12 Å². The second-order valence-corrected chi connectivity index (χ2v) is 6.15. The van der Waals surface area contributed by atoms with Gasteiger partial charge in [0, 0.05) is 30.9 Å². The first kappa shape index (κ1) is 12.2. The van der Waals surface area contributed by atoms with Crippen LogP contribution in [0.2, 0.25) is 0 Å². The first-order valence-electron chi connectivity index (χ1n) is 6.49. The molecule has 1 N–H and O–H groups in total. The van der Waals surface area contributed by atoms with Gasteiger partial charge in [0.05, 0.1) is 17.2 Å². The number of hydrogen-bond acceptors (Lipinski definition) is 4. The molecule has 0 unspecified atom stereocenters. The Morgan fingerprint density at radius 2 is 1.89 bits per heavy atom. The van der Waals surface area contributed by atoms with Crippen molar-refractivity contribution in [1.82, 2.24) is 15.1 Å². The van der Waals surface area contributed by atoms with Gasteiger partial charge in [0.15, 0.2) is 0 Å². The van der Waals surface area contributed by atoms with Crippen molar-refractivity contribution < 1.29 is 9.31 Å². The van der Waals surface area contributed by atoms with Crippen LogP contribution in [0, 0.1) is 0 Å². The van der Waals surface area contributed by atoms with E-state index in [0.717, 1.165) is 18.6 Å². The maximum absolute atomic E-state index is 6.00. The Bertz CT molecular complexity index is 438. The predicted octanol–water partition coefficient (Wildman–Crippen LogP) is 0.327. The molecule has 0 spiro atoms. The minimum absolute atomic E-state index is 0.294. The number of rotatable bonds is 2. The molecule has 0 aliphatic carbocycles. The quantitative estimate of drug-likeness (QED) is 0.767. The van der Waals surface area contributed by atoms with E-state index >= 15 is 0 Å². The Morgan fingerprint density at radius 3 is 2.39 bits per heavy atom. The summed E-state index contributed by atoms with van der Waals surface area (Å²) in [5, 5.41) is 7.64. The van der Waals surface area contributed by atoms with E-state index in [1.54, 1.807) is 0 Å². The van der Waals surface area contributed by atoms with Gasteiger partial charge in [-0.25, -0.2) is 0 Å². The molecular weight excluding hydrogens is 229 g/mol. The lowest BCUT2D eigenvalue weighted by molar-refractivity contribution is 0.00578. The monoisotopic (exact) mass is 249 g/mol. The molecular formula is C12H20BN3O2. The highest BCUT2D eigenvalue weighted by Gasteiger charge is 2.52. The fourth-order valence-corrected chi connectivity index (χ4v) is 2.11. The highest BCUT2D eigenvalue weighted by molar-refractivity contribution is 6.61. The average molecular weight is 249 g/mol. The summed E-state index contributed by atoms with van der Waals surface area (Å²) in [5.41, 5.74) is 0.413. The van der Waals surface area contributed by atoms with Crippen molar-refractivity contribution in [2.45, 2.75) is 44.9 Å². The Hall–Kier alpha value is -0.845. The Labute approximate surface area is 108 Å². The molecule has 2 saturated heterocycles. The predicted molar refractivity (Wildman–Crippen MR) is 69.8 cm³/mol. The SMILES string of the molecule is CC1(C)OB(c2cnn(C3CNC3)c2)OC1(C)C. The van der Waals surface area contributed by atoms with E-state index in [1.165, 1.54) is 0 Å². The molecule has 18 heavy (non-hydrogen) atoms. The highest BCUT2D eigenvalue weighted by atomic mass is 16.7. The van der Waals surface area contributed by atoms with Crippen molar-refractivity contribution in [2.75, 3.05) is 13.1 Å². The number of hydrogen-bond donors (Lipinski definition) is 1. The molecule has 2 fully saturated rings. The molecule has 2 aliphatic rings. The van der Waals surface area contributed by atoms with E-state index in [4.69, 9.17) is 9.31 Å². The van der Waals surface area contributed by atoms with Crippen molar-refractivity contribution >= 4 is 12.6 Å². The van der Waals surface area contributed by atoms with Crippen LogP contribution in [0.3, 0.4) is 0 Å².